The van der Waals surface area contributed by atoms with E-state index in [9.17, 15) is 9.59 Å². The molecular formula is C65H116O5. The SMILES string of the molecule is CC/C=C\C/C=C\C/C=C\C/C=C\CCCCCCCCCOCC(COC(=O)CCCCCCCCCCCCCCCCCCCCC)OC(=O)CCCCCCC/C=C\C/C=C\CCCCC. The summed E-state index contributed by atoms with van der Waals surface area (Å²) in [6, 6.07) is 0. The second-order valence-electron chi connectivity index (χ2n) is 20.2. The molecule has 0 heterocycles. The lowest BCUT2D eigenvalue weighted by Gasteiger charge is -2.18. The highest BCUT2D eigenvalue weighted by atomic mass is 16.6. The number of carbonyl (C=O) groups is 2. The largest absolute Gasteiger partial charge is 0.462 e. The molecule has 0 fully saturated rings. The smallest absolute Gasteiger partial charge is 0.306 e. The van der Waals surface area contributed by atoms with Crippen LogP contribution in [0.1, 0.15) is 303 Å². The molecule has 0 saturated heterocycles. The molecule has 0 rings (SSSR count). The molecule has 0 N–H and O–H groups in total. The van der Waals surface area contributed by atoms with Crippen LogP contribution >= 0.6 is 0 Å². The van der Waals surface area contributed by atoms with E-state index in [-0.39, 0.29) is 25.2 Å². The average Bonchev–Trinajstić information content (AvgIpc) is 3.36. The van der Waals surface area contributed by atoms with Crippen LogP contribution in [0.3, 0.4) is 0 Å². The van der Waals surface area contributed by atoms with Gasteiger partial charge in [0.05, 0.1) is 6.61 Å². The maximum Gasteiger partial charge on any atom is 0.306 e. The molecule has 1 atom stereocenters. The zero-order chi connectivity index (χ0) is 50.6. The van der Waals surface area contributed by atoms with Crippen molar-refractivity contribution in [1.82, 2.24) is 0 Å². The Kier molecular flexibility index (Phi) is 58.3. The number of unbranched alkanes of at least 4 members (excludes halogenated alkanes) is 33. The van der Waals surface area contributed by atoms with Gasteiger partial charge < -0.3 is 14.2 Å². The van der Waals surface area contributed by atoms with Crippen LogP contribution in [0.15, 0.2) is 72.9 Å². The Balaban J connectivity index is 4.28. The van der Waals surface area contributed by atoms with E-state index in [1.165, 1.54) is 186 Å². The Morgan fingerprint density at radius 1 is 0.329 bits per heavy atom. The maximum atomic E-state index is 12.9. The summed E-state index contributed by atoms with van der Waals surface area (Å²) in [5, 5.41) is 0. The van der Waals surface area contributed by atoms with Crippen molar-refractivity contribution >= 4 is 11.9 Å². The summed E-state index contributed by atoms with van der Waals surface area (Å²) in [6.07, 6.45) is 79.3. The summed E-state index contributed by atoms with van der Waals surface area (Å²) in [4.78, 5) is 25.6. The van der Waals surface area contributed by atoms with Gasteiger partial charge in [0.1, 0.15) is 6.61 Å². The van der Waals surface area contributed by atoms with Crippen molar-refractivity contribution in [2.45, 2.75) is 309 Å². The first-order valence-electron chi connectivity index (χ1n) is 30.5. The summed E-state index contributed by atoms with van der Waals surface area (Å²) in [6.45, 7) is 7.70. The molecule has 1 unspecified atom stereocenters. The van der Waals surface area contributed by atoms with Gasteiger partial charge in [-0.3, -0.25) is 9.59 Å². The standard InChI is InChI=1S/C65H116O5/c1-4-7-10-13-16-19-22-25-28-30-32-34-36-39-42-45-48-51-54-57-60-68-61-63(70-65(67)59-56-53-50-47-44-41-37-27-24-21-18-15-12-9-6-3)62-69-64(66)58-55-52-49-46-43-40-38-35-33-31-29-26-23-20-17-14-11-8-5-2/h7,10,16,18-19,21,25,27-28,32,34,37,63H,4-6,8-9,11-15,17,20,22-24,26,29-31,33,35-36,38-62H2,1-3H3/b10-7-,19-16-,21-18-,28-25-,34-32-,37-27-. The van der Waals surface area contributed by atoms with Crippen LogP contribution in [0.4, 0.5) is 0 Å². The third kappa shape index (κ3) is 57.9. The van der Waals surface area contributed by atoms with Crippen LogP contribution in [0.2, 0.25) is 0 Å². The fourth-order valence-electron chi connectivity index (χ4n) is 8.71. The third-order valence-electron chi connectivity index (χ3n) is 13.2. The Morgan fingerprint density at radius 2 is 0.643 bits per heavy atom. The average molecular weight is 978 g/mol. The van der Waals surface area contributed by atoms with E-state index >= 15 is 0 Å². The highest BCUT2D eigenvalue weighted by molar-refractivity contribution is 5.70. The van der Waals surface area contributed by atoms with Crippen molar-refractivity contribution in [2.75, 3.05) is 19.8 Å². The first-order chi connectivity index (χ1) is 34.6. The molecule has 70 heavy (non-hydrogen) atoms. The Morgan fingerprint density at radius 3 is 1.06 bits per heavy atom. The minimum atomic E-state index is -0.551. The summed E-state index contributed by atoms with van der Waals surface area (Å²) in [5.74, 6) is -0.406. The van der Waals surface area contributed by atoms with Crippen LogP contribution < -0.4 is 0 Å². The minimum absolute atomic E-state index is 0.0762. The number of allylic oxidation sites excluding steroid dienone is 12. The summed E-state index contributed by atoms with van der Waals surface area (Å²) >= 11 is 0. The molecule has 0 aromatic heterocycles. The quantitative estimate of drug-likeness (QED) is 0.0345. The van der Waals surface area contributed by atoms with Crippen LogP contribution in [0.25, 0.3) is 0 Å². The second kappa shape index (κ2) is 60.6. The first-order valence-corrected chi connectivity index (χ1v) is 30.5. The van der Waals surface area contributed by atoms with Gasteiger partial charge in [0, 0.05) is 19.4 Å². The van der Waals surface area contributed by atoms with Crippen molar-refractivity contribution in [1.29, 1.82) is 0 Å². The molecule has 0 radical (unpaired) electrons. The van der Waals surface area contributed by atoms with Gasteiger partial charge in [-0.25, -0.2) is 0 Å². The molecule has 5 heteroatoms. The van der Waals surface area contributed by atoms with Crippen molar-refractivity contribution in [3.8, 4) is 0 Å². The predicted molar refractivity (Wildman–Crippen MR) is 307 cm³/mol. The highest BCUT2D eigenvalue weighted by Crippen LogP contribution is 2.16. The Labute approximate surface area is 436 Å². The molecule has 0 aromatic carbocycles. The van der Waals surface area contributed by atoms with E-state index in [2.05, 4.69) is 93.7 Å². The van der Waals surface area contributed by atoms with Gasteiger partial charge >= 0.3 is 11.9 Å². The molecule has 5 nitrogen and oxygen atoms in total. The van der Waals surface area contributed by atoms with Crippen LogP contribution in [0.5, 0.6) is 0 Å². The van der Waals surface area contributed by atoms with Crippen molar-refractivity contribution < 1.29 is 23.8 Å². The highest BCUT2D eigenvalue weighted by Gasteiger charge is 2.17. The van der Waals surface area contributed by atoms with Gasteiger partial charge in [-0.1, -0.05) is 273 Å². The van der Waals surface area contributed by atoms with E-state index in [4.69, 9.17) is 14.2 Å². The van der Waals surface area contributed by atoms with Crippen molar-refractivity contribution in [3.63, 3.8) is 0 Å². The van der Waals surface area contributed by atoms with Crippen molar-refractivity contribution in [3.05, 3.63) is 72.9 Å². The maximum absolute atomic E-state index is 12.9. The van der Waals surface area contributed by atoms with E-state index in [0.29, 0.717) is 19.4 Å². The molecule has 0 aliphatic rings. The summed E-state index contributed by atoms with van der Waals surface area (Å²) in [7, 11) is 0. The fourth-order valence-corrected chi connectivity index (χ4v) is 8.71. The molecule has 0 aliphatic carbocycles. The molecule has 406 valence electrons. The number of esters is 2. The van der Waals surface area contributed by atoms with E-state index < -0.39 is 6.10 Å². The molecule has 0 aliphatic heterocycles. The molecule has 0 bridgehead atoms. The lowest BCUT2D eigenvalue weighted by atomic mass is 10.0. The van der Waals surface area contributed by atoms with Gasteiger partial charge in [-0.05, 0) is 89.9 Å². The van der Waals surface area contributed by atoms with E-state index in [1.807, 2.05) is 0 Å². The topological polar surface area (TPSA) is 61.8 Å². The molecular weight excluding hydrogens is 861 g/mol. The van der Waals surface area contributed by atoms with E-state index in [0.717, 1.165) is 83.5 Å². The molecule has 0 amide bonds. The van der Waals surface area contributed by atoms with Crippen molar-refractivity contribution in [2.24, 2.45) is 0 Å². The second-order valence-corrected chi connectivity index (χ2v) is 20.2. The fraction of sp³-hybridized carbons (Fsp3) is 0.785. The van der Waals surface area contributed by atoms with Crippen LogP contribution in [0, 0.1) is 0 Å². The van der Waals surface area contributed by atoms with Gasteiger partial charge in [0.25, 0.3) is 0 Å². The van der Waals surface area contributed by atoms with Gasteiger partial charge in [-0.15, -0.1) is 0 Å². The Hall–Kier alpha value is -2.66. The lowest BCUT2D eigenvalue weighted by Crippen LogP contribution is -2.30. The van der Waals surface area contributed by atoms with Crippen LogP contribution in [-0.2, 0) is 23.8 Å². The Bertz CT molecular complexity index is 1240. The van der Waals surface area contributed by atoms with Gasteiger partial charge in [0.2, 0.25) is 0 Å². The number of carbonyl (C=O) groups excluding carboxylic acids is 2. The monoisotopic (exact) mass is 977 g/mol. The lowest BCUT2D eigenvalue weighted by molar-refractivity contribution is -0.163. The number of rotatable bonds is 56. The normalized spacial score (nSPS) is 12.7. The van der Waals surface area contributed by atoms with Gasteiger partial charge in [0.15, 0.2) is 6.10 Å². The molecule has 0 saturated carbocycles. The third-order valence-corrected chi connectivity index (χ3v) is 13.2. The molecule has 0 spiro atoms. The van der Waals surface area contributed by atoms with Gasteiger partial charge in [-0.2, -0.15) is 0 Å². The van der Waals surface area contributed by atoms with Crippen LogP contribution in [-0.4, -0.2) is 37.9 Å². The zero-order valence-corrected chi connectivity index (χ0v) is 46.8. The zero-order valence-electron chi connectivity index (χ0n) is 46.8. The summed E-state index contributed by atoms with van der Waals surface area (Å²) < 4.78 is 17.5. The number of ether oxygens (including phenoxy) is 3. The summed E-state index contributed by atoms with van der Waals surface area (Å²) in [5.41, 5.74) is 0. The molecule has 0 aromatic rings. The first kappa shape index (κ1) is 67.3. The number of hydrogen-bond acceptors (Lipinski definition) is 5. The predicted octanol–water partition coefficient (Wildman–Crippen LogP) is 21.0. The minimum Gasteiger partial charge on any atom is -0.462 e. The van der Waals surface area contributed by atoms with E-state index in [1.54, 1.807) is 0 Å². The number of hydrogen-bond donors (Lipinski definition) is 0.